The van der Waals surface area contributed by atoms with Gasteiger partial charge >= 0.3 is 0 Å². The molecule has 0 amide bonds. The summed E-state index contributed by atoms with van der Waals surface area (Å²) in [6.45, 7) is 1.20. The predicted molar refractivity (Wildman–Crippen MR) is 62.7 cm³/mol. The van der Waals surface area contributed by atoms with E-state index in [0.29, 0.717) is 13.1 Å². The Morgan fingerprint density at radius 3 is 2.67 bits per heavy atom. The highest BCUT2D eigenvalue weighted by atomic mass is 32.2. The van der Waals surface area contributed by atoms with Gasteiger partial charge in [0.25, 0.3) is 0 Å². The molecule has 1 aliphatic heterocycles. The predicted octanol–water partition coefficient (Wildman–Crippen LogP) is 0.290. The summed E-state index contributed by atoms with van der Waals surface area (Å²) in [5.41, 5.74) is -0.267. The Hall–Kier alpha value is -1.49. The fourth-order valence-electron chi connectivity index (χ4n) is 1.64. The molecule has 2 rings (SSSR count). The molecule has 1 saturated heterocycles. The number of rotatable bonds is 3. The summed E-state index contributed by atoms with van der Waals surface area (Å²) in [6, 6.07) is 4.78. The summed E-state index contributed by atoms with van der Waals surface area (Å²) < 4.78 is 38.8. The molecule has 96 valence electrons. The zero-order valence-electron chi connectivity index (χ0n) is 9.72. The van der Waals surface area contributed by atoms with Gasteiger partial charge in [-0.15, -0.1) is 0 Å². The van der Waals surface area contributed by atoms with E-state index < -0.39 is 15.8 Å². The highest BCUT2D eigenvalue weighted by Crippen LogP contribution is 2.20. The van der Waals surface area contributed by atoms with Crippen molar-refractivity contribution < 1.29 is 12.8 Å². The number of benzene rings is 1. The lowest BCUT2D eigenvalue weighted by Crippen LogP contribution is -2.57. The van der Waals surface area contributed by atoms with Crippen LogP contribution in [0.2, 0.25) is 0 Å². The molecule has 0 bridgehead atoms. The maximum Gasteiger partial charge on any atom is 0.243 e. The molecule has 1 aromatic carbocycles. The number of nitriles is 1. The summed E-state index contributed by atoms with van der Waals surface area (Å²) in [5.74, 6) is -0.718. The largest absolute Gasteiger partial charge is 0.313 e. The normalized spacial score (nSPS) is 16.3. The van der Waals surface area contributed by atoms with Gasteiger partial charge in [-0.05, 0) is 18.2 Å². The Kier molecular flexibility index (Phi) is 3.34. The van der Waals surface area contributed by atoms with Gasteiger partial charge in [-0.1, -0.05) is 0 Å². The number of nitrogens with one attached hydrogen (secondary N) is 1. The van der Waals surface area contributed by atoms with Crippen LogP contribution >= 0.6 is 0 Å². The molecule has 1 aliphatic rings. The van der Waals surface area contributed by atoms with Crippen molar-refractivity contribution in [3.8, 4) is 6.07 Å². The van der Waals surface area contributed by atoms with Crippen molar-refractivity contribution in [2.45, 2.75) is 10.9 Å². The van der Waals surface area contributed by atoms with Gasteiger partial charge in [0.05, 0.1) is 10.5 Å². The van der Waals surface area contributed by atoms with Crippen LogP contribution in [0.3, 0.4) is 0 Å². The van der Waals surface area contributed by atoms with Gasteiger partial charge in [0.1, 0.15) is 11.9 Å². The Balaban J connectivity index is 2.38. The van der Waals surface area contributed by atoms with Crippen molar-refractivity contribution in [1.29, 1.82) is 5.26 Å². The summed E-state index contributed by atoms with van der Waals surface area (Å²) in [7, 11) is -2.19. The van der Waals surface area contributed by atoms with E-state index in [4.69, 9.17) is 5.26 Å². The molecule has 1 fully saturated rings. The Morgan fingerprint density at radius 1 is 1.50 bits per heavy atom. The van der Waals surface area contributed by atoms with E-state index in [2.05, 4.69) is 5.32 Å². The summed E-state index contributed by atoms with van der Waals surface area (Å²) in [5, 5.41) is 11.7. The monoisotopic (exact) mass is 269 g/mol. The number of sulfonamides is 1. The molecule has 1 aromatic rings. The fraction of sp³-hybridized carbons (Fsp3) is 0.364. The van der Waals surface area contributed by atoms with Crippen molar-refractivity contribution >= 4 is 10.0 Å². The van der Waals surface area contributed by atoms with Gasteiger partial charge in [0, 0.05) is 26.2 Å². The van der Waals surface area contributed by atoms with Crippen LogP contribution in [0.4, 0.5) is 4.39 Å². The first-order valence-electron chi connectivity index (χ1n) is 5.35. The Labute approximate surface area is 105 Å². The fourth-order valence-corrected chi connectivity index (χ4v) is 3.02. The van der Waals surface area contributed by atoms with Gasteiger partial charge < -0.3 is 5.32 Å². The first-order chi connectivity index (χ1) is 8.46. The Morgan fingerprint density at radius 2 is 2.17 bits per heavy atom. The van der Waals surface area contributed by atoms with Crippen LogP contribution in [0.5, 0.6) is 0 Å². The smallest absolute Gasteiger partial charge is 0.243 e. The average Bonchev–Trinajstić information content (AvgIpc) is 2.27. The number of halogens is 1. The molecule has 0 aliphatic carbocycles. The van der Waals surface area contributed by atoms with Crippen molar-refractivity contribution in [2.24, 2.45) is 0 Å². The maximum absolute atomic E-state index is 13.2. The highest BCUT2D eigenvalue weighted by molar-refractivity contribution is 7.89. The van der Waals surface area contributed by atoms with Crippen LogP contribution in [0.1, 0.15) is 5.56 Å². The van der Waals surface area contributed by atoms with E-state index in [1.54, 1.807) is 6.07 Å². The second-order valence-electron chi connectivity index (χ2n) is 4.09. The molecule has 5 nitrogen and oxygen atoms in total. The zero-order chi connectivity index (χ0) is 13.3. The topological polar surface area (TPSA) is 73.2 Å². The minimum absolute atomic E-state index is 0.0603. The first-order valence-corrected chi connectivity index (χ1v) is 6.79. The van der Waals surface area contributed by atoms with E-state index >= 15 is 0 Å². The van der Waals surface area contributed by atoms with Gasteiger partial charge in [0.2, 0.25) is 10.0 Å². The maximum atomic E-state index is 13.2. The molecule has 18 heavy (non-hydrogen) atoms. The van der Waals surface area contributed by atoms with E-state index in [-0.39, 0.29) is 16.5 Å². The second kappa shape index (κ2) is 4.65. The van der Waals surface area contributed by atoms with Crippen LogP contribution in [-0.2, 0) is 10.0 Å². The molecule has 1 heterocycles. The molecule has 0 spiro atoms. The van der Waals surface area contributed by atoms with Crippen LogP contribution < -0.4 is 5.32 Å². The average molecular weight is 269 g/mol. The minimum atomic E-state index is -3.67. The summed E-state index contributed by atoms with van der Waals surface area (Å²) in [6.07, 6.45) is 0. The molecular formula is C11H12FN3O2S. The van der Waals surface area contributed by atoms with Crippen molar-refractivity contribution in [3.05, 3.63) is 29.6 Å². The van der Waals surface area contributed by atoms with Crippen molar-refractivity contribution in [2.75, 3.05) is 20.1 Å². The standard InChI is InChI=1S/C11H12FN3O2S/c1-15(9-6-14-7-9)18(16,17)10-2-3-11(12)8(4-10)5-13/h2-4,9,14H,6-7H2,1H3. The SMILES string of the molecule is CN(C1CNC1)S(=O)(=O)c1ccc(F)c(C#N)c1. The molecule has 0 aromatic heterocycles. The lowest BCUT2D eigenvalue weighted by atomic mass is 10.2. The van der Waals surface area contributed by atoms with E-state index in [0.717, 1.165) is 12.1 Å². The second-order valence-corrected chi connectivity index (χ2v) is 6.08. The van der Waals surface area contributed by atoms with E-state index in [9.17, 15) is 12.8 Å². The molecule has 0 unspecified atom stereocenters. The molecular weight excluding hydrogens is 257 g/mol. The zero-order valence-corrected chi connectivity index (χ0v) is 10.5. The number of hydrogen-bond donors (Lipinski definition) is 1. The van der Waals surface area contributed by atoms with E-state index in [1.165, 1.54) is 17.4 Å². The summed E-state index contributed by atoms with van der Waals surface area (Å²) in [4.78, 5) is -0.0603. The summed E-state index contributed by atoms with van der Waals surface area (Å²) >= 11 is 0. The number of hydrogen-bond acceptors (Lipinski definition) is 4. The third-order valence-electron chi connectivity index (χ3n) is 3.01. The van der Waals surface area contributed by atoms with Crippen LogP contribution in [-0.4, -0.2) is 38.9 Å². The van der Waals surface area contributed by atoms with Gasteiger partial charge in [-0.2, -0.15) is 9.57 Å². The van der Waals surface area contributed by atoms with Crippen LogP contribution in [0.25, 0.3) is 0 Å². The van der Waals surface area contributed by atoms with E-state index in [1.807, 2.05) is 0 Å². The highest BCUT2D eigenvalue weighted by Gasteiger charge is 2.31. The first kappa shape index (κ1) is 13.0. The number of likely N-dealkylation sites (N-methyl/N-ethyl adjacent to an activating group) is 1. The van der Waals surface area contributed by atoms with Gasteiger partial charge in [0.15, 0.2) is 0 Å². The third kappa shape index (κ3) is 2.10. The third-order valence-corrected chi connectivity index (χ3v) is 4.92. The minimum Gasteiger partial charge on any atom is -0.313 e. The molecule has 1 N–H and O–H groups in total. The molecule has 0 saturated carbocycles. The van der Waals surface area contributed by atoms with Gasteiger partial charge in [-0.25, -0.2) is 12.8 Å². The van der Waals surface area contributed by atoms with Crippen molar-refractivity contribution in [3.63, 3.8) is 0 Å². The molecule has 0 radical (unpaired) electrons. The molecule has 0 atom stereocenters. The quantitative estimate of drug-likeness (QED) is 0.856. The lowest BCUT2D eigenvalue weighted by Gasteiger charge is -2.34. The molecule has 7 heteroatoms. The number of nitrogens with zero attached hydrogens (tertiary/aromatic N) is 2. The van der Waals surface area contributed by atoms with Crippen LogP contribution in [0.15, 0.2) is 23.1 Å². The van der Waals surface area contributed by atoms with Gasteiger partial charge in [-0.3, -0.25) is 0 Å². The van der Waals surface area contributed by atoms with Crippen molar-refractivity contribution in [1.82, 2.24) is 9.62 Å². The van der Waals surface area contributed by atoms with Crippen LogP contribution in [0, 0.1) is 17.1 Å². The Bertz CT molecular complexity index is 605. The lowest BCUT2D eigenvalue weighted by molar-refractivity contribution is 0.274.